The van der Waals surface area contributed by atoms with Gasteiger partial charge in [0.25, 0.3) is 0 Å². The van der Waals surface area contributed by atoms with E-state index in [2.05, 4.69) is 0 Å². The van der Waals surface area contributed by atoms with Gasteiger partial charge < -0.3 is 19.6 Å². The highest BCUT2D eigenvalue weighted by Gasteiger charge is 2.41. The zero-order valence-corrected chi connectivity index (χ0v) is 15.1. The van der Waals surface area contributed by atoms with E-state index in [-0.39, 0.29) is 24.8 Å². The van der Waals surface area contributed by atoms with E-state index in [0.717, 1.165) is 16.8 Å². The summed E-state index contributed by atoms with van der Waals surface area (Å²) in [7, 11) is 0. The second-order valence-electron chi connectivity index (χ2n) is 6.97. The second kappa shape index (κ2) is 7.45. The van der Waals surface area contributed by atoms with E-state index < -0.39 is 18.0 Å². The van der Waals surface area contributed by atoms with E-state index in [1.54, 1.807) is 9.80 Å². The van der Waals surface area contributed by atoms with E-state index in [4.69, 9.17) is 9.84 Å². The first-order valence-corrected chi connectivity index (χ1v) is 8.87. The Balaban J connectivity index is 1.68. The van der Waals surface area contributed by atoms with Crippen LogP contribution in [-0.2, 0) is 19.1 Å². The molecule has 26 heavy (non-hydrogen) atoms. The van der Waals surface area contributed by atoms with Crippen molar-refractivity contribution in [3.05, 3.63) is 29.3 Å². The minimum atomic E-state index is -0.956. The number of carbonyl (C=O) groups excluding carboxylic acids is 2. The number of nitrogens with zero attached hydrogens (tertiary/aromatic N) is 2. The number of ether oxygens (including phenoxy) is 1. The zero-order chi connectivity index (χ0) is 18.8. The number of carbonyl (C=O) groups is 3. The van der Waals surface area contributed by atoms with Gasteiger partial charge in [-0.2, -0.15) is 0 Å². The van der Waals surface area contributed by atoms with Crippen LogP contribution in [0.1, 0.15) is 24.0 Å². The Morgan fingerprint density at radius 3 is 2.69 bits per heavy atom. The van der Waals surface area contributed by atoms with Crippen LogP contribution in [0.4, 0.5) is 5.69 Å². The Morgan fingerprint density at radius 1 is 1.23 bits per heavy atom. The minimum absolute atomic E-state index is 0.142. The van der Waals surface area contributed by atoms with Crippen LogP contribution < -0.4 is 4.90 Å². The zero-order valence-electron chi connectivity index (χ0n) is 15.1. The Labute approximate surface area is 152 Å². The molecule has 1 N–H and O–H groups in total. The Morgan fingerprint density at radius 2 is 2.00 bits per heavy atom. The number of aryl methyl sites for hydroxylation is 2. The lowest BCUT2D eigenvalue weighted by Crippen LogP contribution is -2.49. The second-order valence-corrected chi connectivity index (χ2v) is 6.97. The molecule has 2 fully saturated rings. The summed E-state index contributed by atoms with van der Waals surface area (Å²) in [6, 6.07) is 5.86. The molecule has 2 aliphatic heterocycles. The maximum absolute atomic E-state index is 12.8. The van der Waals surface area contributed by atoms with Crippen molar-refractivity contribution in [1.82, 2.24) is 4.90 Å². The van der Waals surface area contributed by atoms with Gasteiger partial charge in [0.15, 0.2) is 0 Å². The summed E-state index contributed by atoms with van der Waals surface area (Å²) in [5, 5.41) is 8.90. The molecule has 7 heteroatoms. The van der Waals surface area contributed by atoms with E-state index in [0.29, 0.717) is 26.1 Å². The maximum atomic E-state index is 12.8. The van der Waals surface area contributed by atoms with Crippen LogP contribution in [0.15, 0.2) is 18.2 Å². The van der Waals surface area contributed by atoms with Gasteiger partial charge in [-0.15, -0.1) is 0 Å². The molecule has 2 heterocycles. The van der Waals surface area contributed by atoms with Crippen LogP contribution >= 0.6 is 0 Å². The number of carboxylic acid groups (broad SMARTS) is 1. The molecule has 1 aromatic carbocycles. The highest BCUT2D eigenvalue weighted by atomic mass is 16.5. The van der Waals surface area contributed by atoms with Crippen LogP contribution in [0.5, 0.6) is 0 Å². The molecule has 140 valence electrons. The molecule has 0 aliphatic carbocycles. The van der Waals surface area contributed by atoms with E-state index in [1.165, 1.54) is 0 Å². The summed E-state index contributed by atoms with van der Waals surface area (Å²) in [5.41, 5.74) is 3.08. The Bertz CT molecular complexity index is 733. The molecule has 1 aromatic rings. The normalized spacial score (nSPS) is 23.4. The Kier molecular flexibility index (Phi) is 5.27. The number of hydrogen-bond acceptors (Lipinski definition) is 4. The van der Waals surface area contributed by atoms with Gasteiger partial charge >= 0.3 is 5.97 Å². The van der Waals surface area contributed by atoms with E-state index in [1.807, 2.05) is 32.0 Å². The van der Waals surface area contributed by atoms with Gasteiger partial charge in [0.2, 0.25) is 11.8 Å². The van der Waals surface area contributed by atoms with Crippen molar-refractivity contribution in [1.29, 1.82) is 0 Å². The minimum Gasteiger partial charge on any atom is -0.481 e. The fourth-order valence-corrected chi connectivity index (χ4v) is 3.52. The van der Waals surface area contributed by atoms with Crippen molar-refractivity contribution >= 4 is 23.5 Å². The van der Waals surface area contributed by atoms with E-state index in [9.17, 15) is 14.4 Å². The number of amides is 2. The molecule has 2 aliphatic rings. The van der Waals surface area contributed by atoms with Crippen molar-refractivity contribution in [3.8, 4) is 0 Å². The highest BCUT2D eigenvalue weighted by molar-refractivity contribution is 6.09. The standard InChI is InChI=1S/C19H24N2O5/c1-12-3-4-14(9-13(12)2)21-6-5-16(19(21)25)18(24)20-7-8-26-15(11-20)10-17(22)23/h3-4,9,15-16H,5-8,10-11H2,1-2H3,(H,22,23). The summed E-state index contributed by atoms with van der Waals surface area (Å²) in [6.07, 6.45) is -0.180. The molecule has 2 saturated heterocycles. The quantitative estimate of drug-likeness (QED) is 0.819. The van der Waals surface area contributed by atoms with Gasteiger partial charge in [-0.3, -0.25) is 14.4 Å². The van der Waals surface area contributed by atoms with Gasteiger partial charge in [-0.05, 0) is 43.5 Å². The average molecular weight is 360 g/mol. The predicted molar refractivity (Wildman–Crippen MR) is 94.9 cm³/mol. The van der Waals surface area contributed by atoms with Crippen LogP contribution in [0.25, 0.3) is 0 Å². The van der Waals surface area contributed by atoms with Gasteiger partial charge in [0, 0.05) is 25.3 Å². The lowest BCUT2D eigenvalue weighted by molar-refractivity contribution is -0.151. The third-order valence-electron chi connectivity index (χ3n) is 5.16. The fraction of sp³-hybridized carbons (Fsp3) is 0.526. The lowest BCUT2D eigenvalue weighted by Gasteiger charge is -2.33. The molecular formula is C19H24N2O5. The summed E-state index contributed by atoms with van der Waals surface area (Å²) in [5.74, 6) is -2.05. The smallest absolute Gasteiger partial charge is 0.306 e. The van der Waals surface area contributed by atoms with Crippen molar-refractivity contribution in [2.45, 2.75) is 32.8 Å². The van der Waals surface area contributed by atoms with Crippen LogP contribution in [0.3, 0.4) is 0 Å². The van der Waals surface area contributed by atoms with Crippen molar-refractivity contribution in [3.63, 3.8) is 0 Å². The topological polar surface area (TPSA) is 87.2 Å². The monoisotopic (exact) mass is 360 g/mol. The number of morpholine rings is 1. The molecule has 2 unspecified atom stereocenters. The molecular weight excluding hydrogens is 336 g/mol. The fourth-order valence-electron chi connectivity index (χ4n) is 3.52. The first kappa shape index (κ1) is 18.4. The molecule has 0 radical (unpaired) electrons. The third-order valence-corrected chi connectivity index (χ3v) is 5.16. The number of carboxylic acids is 1. The molecule has 7 nitrogen and oxygen atoms in total. The van der Waals surface area contributed by atoms with Crippen molar-refractivity contribution in [2.75, 3.05) is 31.1 Å². The van der Waals surface area contributed by atoms with Gasteiger partial charge in [0.1, 0.15) is 5.92 Å². The van der Waals surface area contributed by atoms with E-state index >= 15 is 0 Å². The lowest BCUT2D eigenvalue weighted by atomic mass is 10.1. The van der Waals surface area contributed by atoms with Gasteiger partial charge in [-0.1, -0.05) is 6.07 Å². The van der Waals surface area contributed by atoms with Gasteiger partial charge in [-0.25, -0.2) is 0 Å². The molecule has 0 bridgehead atoms. The number of hydrogen-bond donors (Lipinski definition) is 1. The highest BCUT2D eigenvalue weighted by Crippen LogP contribution is 2.28. The van der Waals surface area contributed by atoms with Crippen LogP contribution in [0, 0.1) is 19.8 Å². The SMILES string of the molecule is Cc1ccc(N2CCC(C(=O)N3CCOC(CC(=O)O)C3)C2=O)cc1C. The summed E-state index contributed by atoms with van der Waals surface area (Å²) in [6.45, 7) is 5.44. The number of benzene rings is 1. The molecule has 0 saturated carbocycles. The Hall–Kier alpha value is -2.41. The van der Waals surface area contributed by atoms with Crippen LogP contribution in [-0.4, -0.2) is 60.1 Å². The van der Waals surface area contributed by atoms with Crippen molar-refractivity contribution in [2.24, 2.45) is 5.92 Å². The third kappa shape index (κ3) is 3.72. The first-order valence-electron chi connectivity index (χ1n) is 8.87. The number of aliphatic carboxylic acids is 1. The average Bonchev–Trinajstić information content (AvgIpc) is 2.98. The number of anilines is 1. The largest absolute Gasteiger partial charge is 0.481 e. The number of rotatable bonds is 4. The van der Waals surface area contributed by atoms with Crippen LogP contribution in [0.2, 0.25) is 0 Å². The molecule has 0 spiro atoms. The molecule has 0 aromatic heterocycles. The predicted octanol–water partition coefficient (Wildman–Crippen LogP) is 1.36. The molecule has 3 rings (SSSR count). The molecule has 2 amide bonds. The van der Waals surface area contributed by atoms with Gasteiger partial charge in [0.05, 0.1) is 19.1 Å². The molecule has 2 atom stereocenters. The summed E-state index contributed by atoms with van der Waals surface area (Å²) >= 11 is 0. The first-order chi connectivity index (χ1) is 12.4. The summed E-state index contributed by atoms with van der Waals surface area (Å²) in [4.78, 5) is 39.7. The van der Waals surface area contributed by atoms with Crippen molar-refractivity contribution < 1.29 is 24.2 Å². The summed E-state index contributed by atoms with van der Waals surface area (Å²) < 4.78 is 5.40. The maximum Gasteiger partial charge on any atom is 0.306 e.